The highest BCUT2D eigenvalue weighted by molar-refractivity contribution is 6.21. The summed E-state index contributed by atoms with van der Waals surface area (Å²) in [5.74, 6) is 4.47. The molecule has 2 unspecified atom stereocenters. The second-order valence-corrected chi connectivity index (χ2v) is 5.05. The smallest absolute Gasteiger partial charge is 0.237 e. The lowest BCUT2D eigenvalue weighted by Crippen LogP contribution is -2.30. The molecule has 1 N–H and O–H groups in total. The lowest BCUT2D eigenvalue weighted by Gasteiger charge is -2.15. The van der Waals surface area contributed by atoms with Crippen molar-refractivity contribution in [2.24, 2.45) is 11.8 Å². The summed E-state index contributed by atoms with van der Waals surface area (Å²) in [6, 6.07) is 5.30. The van der Waals surface area contributed by atoms with Crippen LogP contribution in [0.15, 0.2) is 18.2 Å². The summed E-state index contributed by atoms with van der Waals surface area (Å²) in [6.07, 6.45) is 0. The van der Waals surface area contributed by atoms with E-state index in [4.69, 9.17) is 5.11 Å². The van der Waals surface area contributed by atoms with Gasteiger partial charge in [-0.25, -0.2) is 0 Å². The van der Waals surface area contributed by atoms with Gasteiger partial charge in [-0.3, -0.25) is 14.5 Å². The molecule has 0 spiro atoms. The molecule has 0 radical (unpaired) electrons. The number of hydrogen-bond donors (Lipinski definition) is 1. The maximum Gasteiger partial charge on any atom is 0.237 e. The minimum atomic E-state index is -0.296. The summed E-state index contributed by atoms with van der Waals surface area (Å²) in [5.41, 5.74) is 2.20. The molecule has 1 aliphatic heterocycles. The fourth-order valence-electron chi connectivity index (χ4n) is 2.22. The van der Waals surface area contributed by atoms with E-state index in [1.807, 2.05) is 13.0 Å². The average molecular weight is 271 g/mol. The average Bonchev–Trinajstić information content (AvgIpc) is 2.63. The van der Waals surface area contributed by atoms with Gasteiger partial charge in [0, 0.05) is 17.4 Å². The first-order valence-electron chi connectivity index (χ1n) is 6.55. The molecule has 104 valence electrons. The van der Waals surface area contributed by atoms with Crippen LogP contribution >= 0.6 is 0 Å². The Hall–Kier alpha value is -2.12. The topological polar surface area (TPSA) is 57.6 Å². The van der Waals surface area contributed by atoms with Gasteiger partial charge in [0.15, 0.2) is 0 Å². The molecular weight excluding hydrogens is 254 g/mol. The first kappa shape index (κ1) is 14.3. The summed E-state index contributed by atoms with van der Waals surface area (Å²) >= 11 is 0. The number of carbonyl (C=O) groups is 2. The lowest BCUT2D eigenvalue weighted by atomic mass is 10.00. The summed E-state index contributed by atoms with van der Waals surface area (Å²) in [6.45, 7) is 5.21. The van der Waals surface area contributed by atoms with Crippen LogP contribution in [0, 0.1) is 30.6 Å². The Labute approximate surface area is 118 Å². The van der Waals surface area contributed by atoms with E-state index in [9.17, 15) is 9.59 Å². The highest BCUT2D eigenvalue weighted by Crippen LogP contribution is 2.31. The van der Waals surface area contributed by atoms with Crippen LogP contribution in [-0.2, 0) is 9.59 Å². The number of hydrogen-bond acceptors (Lipinski definition) is 3. The van der Waals surface area contributed by atoms with E-state index in [0.29, 0.717) is 11.3 Å². The zero-order valence-electron chi connectivity index (χ0n) is 11.8. The van der Waals surface area contributed by atoms with Gasteiger partial charge < -0.3 is 5.11 Å². The molecule has 4 nitrogen and oxygen atoms in total. The Bertz CT molecular complexity index is 604. The van der Waals surface area contributed by atoms with Crippen molar-refractivity contribution in [2.45, 2.75) is 20.8 Å². The molecule has 1 aromatic carbocycles. The van der Waals surface area contributed by atoms with Crippen molar-refractivity contribution >= 4 is 17.5 Å². The summed E-state index contributed by atoms with van der Waals surface area (Å²) in [7, 11) is 0. The van der Waals surface area contributed by atoms with E-state index in [-0.39, 0.29) is 30.3 Å². The third-order valence-electron chi connectivity index (χ3n) is 3.75. The van der Waals surface area contributed by atoms with Gasteiger partial charge >= 0.3 is 0 Å². The quantitative estimate of drug-likeness (QED) is 0.622. The molecule has 20 heavy (non-hydrogen) atoms. The molecule has 4 heteroatoms. The predicted octanol–water partition coefficient (Wildman–Crippen LogP) is 1.48. The molecule has 2 rings (SSSR count). The minimum Gasteiger partial charge on any atom is -0.384 e. The summed E-state index contributed by atoms with van der Waals surface area (Å²) in [4.78, 5) is 25.6. The number of carbonyl (C=O) groups excluding carboxylic acids is 2. The maximum atomic E-state index is 12.2. The standard InChI is InChI=1S/C16H17NO3/c1-10-6-7-14(9-13(10)5-4-8-18)17-15(19)11(2)12(3)16(17)20/h6-7,9,11-12,18H,8H2,1-3H3. The van der Waals surface area contributed by atoms with Crippen LogP contribution < -0.4 is 4.90 Å². The number of aliphatic hydroxyl groups is 1. The number of aryl methyl sites for hydroxylation is 1. The van der Waals surface area contributed by atoms with Gasteiger partial charge in [0.25, 0.3) is 0 Å². The SMILES string of the molecule is Cc1ccc(N2C(=O)C(C)C(C)C2=O)cc1C#CCO. The zero-order chi connectivity index (χ0) is 14.9. The Morgan fingerprint density at radius 2 is 1.80 bits per heavy atom. The van der Waals surface area contributed by atoms with Gasteiger partial charge in [-0.15, -0.1) is 0 Å². The van der Waals surface area contributed by atoms with Crippen LogP contribution in [0.4, 0.5) is 5.69 Å². The van der Waals surface area contributed by atoms with Crippen LogP contribution in [0.2, 0.25) is 0 Å². The number of benzene rings is 1. The van der Waals surface area contributed by atoms with Crippen molar-refractivity contribution in [2.75, 3.05) is 11.5 Å². The van der Waals surface area contributed by atoms with Crippen molar-refractivity contribution in [3.05, 3.63) is 29.3 Å². The van der Waals surface area contributed by atoms with Crippen LogP contribution in [0.5, 0.6) is 0 Å². The Morgan fingerprint density at radius 3 is 2.35 bits per heavy atom. The molecule has 1 heterocycles. The Morgan fingerprint density at radius 1 is 1.20 bits per heavy atom. The largest absolute Gasteiger partial charge is 0.384 e. The van der Waals surface area contributed by atoms with Crippen molar-refractivity contribution in [1.82, 2.24) is 0 Å². The number of anilines is 1. The highest BCUT2D eigenvalue weighted by Gasteiger charge is 2.43. The van der Waals surface area contributed by atoms with Crippen molar-refractivity contribution in [3.8, 4) is 11.8 Å². The third kappa shape index (κ3) is 2.33. The first-order chi connectivity index (χ1) is 9.47. The number of nitrogens with zero attached hydrogens (tertiary/aromatic N) is 1. The molecule has 0 aliphatic carbocycles. The van der Waals surface area contributed by atoms with Crippen molar-refractivity contribution < 1.29 is 14.7 Å². The van der Waals surface area contributed by atoms with E-state index in [0.717, 1.165) is 5.56 Å². The molecule has 2 amide bonds. The maximum absolute atomic E-state index is 12.2. The summed E-state index contributed by atoms with van der Waals surface area (Å²) in [5, 5.41) is 8.76. The molecule has 0 saturated carbocycles. The van der Waals surface area contributed by atoms with E-state index in [2.05, 4.69) is 11.8 Å². The third-order valence-corrected chi connectivity index (χ3v) is 3.75. The number of amides is 2. The van der Waals surface area contributed by atoms with Gasteiger partial charge in [0.2, 0.25) is 11.8 Å². The molecule has 0 aromatic heterocycles. The number of imide groups is 1. The molecule has 1 fully saturated rings. The van der Waals surface area contributed by atoms with Crippen LogP contribution in [0.3, 0.4) is 0 Å². The molecule has 2 atom stereocenters. The Kier molecular flexibility index (Phi) is 3.91. The minimum absolute atomic E-state index is 0.174. The van der Waals surface area contributed by atoms with E-state index in [1.165, 1.54) is 4.90 Å². The van der Waals surface area contributed by atoms with Crippen LogP contribution in [0.25, 0.3) is 0 Å². The van der Waals surface area contributed by atoms with Crippen molar-refractivity contribution in [1.29, 1.82) is 0 Å². The highest BCUT2D eigenvalue weighted by atomic mass is 16.2. The summed E-state index contributed by atoms with van der Waals surface area (Å²) < 4.78 is 0. The first-order valence-corrected chi connectivity index (χ1v) is 6.55. The molecular formula is C16H17NO3. The van der Waals surface area contributed by atoms with Gasteiger partial charge in [0.1, 0.15) is 6.61 Å². The predicted molar refractivity (Wildman–Crippen MR) is 76.0 cm³/mol. The zero-order valence-corrected chi connectivity index (χ0v) is 11.8. The monoisotopic (exact) mass is 271 g/mol. The normalized spacial score (nSPS) is 21.9. The van der Waals surface area contributed by atoms with Crippen molar-refractivity contribution in [3.63, 3.8) is 0 Å². The van der Waals surface area contributed by atoms with Gasteiger partial charge in [-0.05, 0) is 24.6 Å². The number of rotatable bonds is 1. The van der Waals surface area contributed by atoms with E-state index in [1.54, 1.807) is 26.0 Å². The second kappa shape index (κ2) is 5.48. The molecule has 0 bridgehead atoms. The number of aliphatic hydroxyl groups excluding tert-OH is 1. The van der Waals surface area contributed by atoms with Gasteiger partial charge in [-0.2, -0.15) is 0 Å². The fraction of sp³-hybridized carbons (Fsp3) is 0.375. The second-order valence-electron chi connectivity index (χ2n) is 5.05. The lowest BCUT2D eigenvalue weighted by molar-refractivity contribution is -0.122. The van der Waals surface area contributed by atoms with Crippen LogP contribution in [-0.4, -0.2) is 23.5 Å². The van der Waals surface area contributed by atoms with E-state index >= 15 is 0 Å². The molecule has 1 saturated heterocycles. The van der Waals surface area contributed by atoms with Gasteiger partial charge in [0.05, 0.1) is 5.69 Å². The molecule has 1 aliphatic rings. The van der Waals surface area contributed by atoms with E-state index < -0.39 is 0 Å². The molecule has 1 aromatic rings. The van der Waals surface area contributed by atoms with Gasteiger partial charge in [-0.1, -0.05) is 31.8 Å². The fourth-order valence-corrected chi connectivity index (χ4v) is 2.22. The Balaban J connectivity index is 2.44. The van der Waals surface area contributed by atoms with Crippen LogP contribution in [0.1, 0.15) is 25.0 Å².